The summed E-state index contributed by atoms with van der Waals surface area (Å²) in [5.41, 5.74) is 0.130. The molecule has 2 N–H and O–H groups in total. The normalized spacial score (nSPS) is 48.2. The largest absolute Gasteiger partial charge is 0.378 e. The van der Waals surface area contributed by atoms with Gasteiger partial charge in [0, 0.05) is 12.1 Å². The van der Waals surface area contributed by atoms with Crippen LogP contribution in [0.3, 0.4) is 0 Å². The second kappa shape index (κ2) is 4.45. The zero-order chi connectivity index (χ0) is 12.9. The predicted octanol–water partition coefficient (Wildman–Crippen LogP) is 1.06. The van der Waals surface area contributed by atoms with Crippen LogP contribution in [0.1, 0.15) is 38.5 Å². The first-order chi connectivity index (χ1) is 9.22. The van der Waals surface area contributed by atoms with Gasteiger partial charge in [-0.2, -0.15) is 0 Å². The van der Waals surface area contributed by atoms with Crippen LogP contribution in [-0.2, 0) is 9.53 Å². The van der Waals surface area contributed by atoms with Crippen molar-refractivity contribution in [1.82, 2.24) is 10.6 Å². The van der Waals surface area contributed by atoms with Gasteiger partial charge in [0.25, 0.3) is 0 Å². The van der Waals surface area contributed by atoms with Crippen molar-refractivity contribution in [3.05, 3.63) is 0 Å². The summed E-state index contributed by atoms with van der Waals surface area (Å²) in [5.74, 6) is 2.80. The fraction of sp³-hybridized carbons (Fsp3) is 0.933. The maximum Gasteiger partial charge on any atom is 0.239 e. The molecule has 0 aromatic rings. The molecule has 4 nitrogen and oxygen atoms in total. The van der Waals surface area contributed by atoms with Crippen molar-refractivity contribution < 1.29 is 9.53 Å². The van der Waals surface area contributed by atoms with E-state index in [1.165, 1.54) is 38.5 Å². The Kier molecular flexibility index (Phi) is 2.85. The van der Waals surface area contributed by atoms with E-state index in [1.54, 1.807) is 0 Å². The predicted molar refractivity (Wildman–Crippen MR) is 71.7 cm³/mol. The summed E-state index contributed by atoms with van der Waals surface area (Å²) in [5, 5.41) is 6.68. The summed E-state index contributed by atoms with van der Waals surface area (Å²) >= 11 is 0. The van der Waals surface area contributed by atoms with E-state index in [4.69, 9.17) is 4.74 Å². The van der Waals surface area contributed by atoms with Crippen molar-refractivity contribution in [2.75, 3.05) is 19.8 Å². The maximum absolute atomic E-state index is 12.4. The Morgan fingerprint density at radius 1 is 1.11 bits per heavy atom. The number of hydrogen-bond acceptors (Lipinski definition) is 3. The fourth-order valence-corrected chi connectivity index (χ4v) is 5.35. The van der Waals surface area contributed by atoms with Crippen molar-refractivity contribution in [3.63, 3.8) is 0 Å². The Labute approximate surface area is 114 Å². The fourth-order valence-electron chi connectivity index (χ4n) is 5.35. The quantitative estimate of drug-likeness (QED) is 0.784. The Morgan fingerprint density at radius 3 is 2.26 bits per heavy atom. The van der Waals surface area contributed by atoms with Gasteiger partial charge in [0.15, 0.2) is 0 Å². The monoisotopic (exact) mass is 264 g/mol. The van der Waals surface area contributed by atoms with Gasteiger partial charge in [-0.15, -0.1) is 0 Å². The van der Waals surface area contributed by atoms with Gasteiger partial charge in [0.2, 0.25) is 5.91 Å². The molecule has 0 radical (unpaired) electrons. The van der Waals surface area contributed by atoms with E-state index >= 15 is 0 Å². The summed E-state index contributed by atoms with van der Waals surface area (Å²) < 4.78 is 5.40. The van der Waals surface area contributed by atoms with Gasteiger partial charge < -0.3 is 15.4 Å². The average molecular weight is 264 g/mol. The lowest BCUT2D eigenvalue weighted by atomic mass is 9.53. The third-order valence-corrected chi connectivity index (χ3v) is 5.66. The van der Waals surface area contributed by atoms with E-state index in [1.807, 2.05) is 0 Å². The summed E-state index contributed by atoms with van der Waals surface area (Å²) in [7, 11) is 0. The highest BCUT2D eigenvalue weighted by Gasteiger charge is 2.51. The number of carbonyl (C=O) groups is 1. The first-order valence-electron chi connectivity index (χ1n) is 7.86. The van der Waals surface area contributed by atoms with E-state index < -0.39 is 0 Å². The van der Waals surface area contributed by atoms with Crippen LogP contribution in [0.5, 0.6) is 0 Å². The lowest BCUT2D eigenvalue weighted by molar-refractivity contribution is -0.131. The molecule has 1 amide bonds. The van der Waals surface area contributed by atoms with E-state index in [9.17, 15) is 4.79 Å². The van der Waals surface area contributed by atoms with Crippen molar-refractivity contribution in [3.8, 4) is 0 Å². The van der Waals surface area contributed by atoms with Crippen molar-refractivity contribution >= 4 is 5.91 Å². The molecular formula is C15H24N2O2. The molecule has 4 aliphatic carbocycles. The number of carbonyl (C=O) groups excluding carboxylic acids is 1. The van der Waals surface area contributed by atoms with Crippen LogP contribution in [0.2, 0.25) is 0 Å². The van der Waals surface area contributed by atoms with Gasteiger partial charge >= 0.3 is 0 Å². The molecule has 19 heavy (non-hydrogen) atoms. The molecule has 1 saturated heterocycles. The van der Waals surface area contributed by atoms with Gasteiger partial charge in [0.1, 0.15) is 6.04 Å². The number of amides is 1. The minimum absolute atomic E-state index is 0.130. The Balaban J connectivity index is 1.45. The summed E-state index contributed by atoms with van der Waals surface area (Å²) in [6.45, 7) is 2.04. The summed E-state index contributed by atoms with van der Waals surface area (Å²) in [4.78, 5) is 12.4. The second-order valence-electron chi connectivity index (χ2n) is 7.27. The first-order valence-corrected chi connectivity index (χ1v) is 7.86. The van der Waals surface area contributed by atoms with Crippen LogP contribution in [-0.4, -0.2) is 37.2 Å². The molecule has 1 unspecified atom stereocenters. The summed E-state index contributed by atoms with van der Waals surface area (Å²) in [6, 6.07) is -0.137. The molecule has 1 atom stereocenters. The minimum atomic E-state index is -0.137. The molecule has 5 aliphatic rings. The lowest BCUT2D eigenvalue weighted by Gasteiger charge is -2.57. The molecule has 0 spiro atoms. The maximum atomic E-state index is 12.4. The van der Waals surface area contributed by atoms with E-state index in [0.29, 0.717) is 6.61 Å². The van der Waals surface area contributed by atoms with Gasteiger partial charge in [0.05, 0.1) is 13.2 Å². The van der Waals surface area contributed by atoms with Crippen molar-refractivity contribution in [2.24, 2.45) is 17.8 Å². The third kappa shape index (κ3) is 2.19. The molecular weight excluding hydrogens is 240 g/mol. The van der Waals surface area contributed by atoms with Gasteiger partial charge in [-0.1, -0.05) is 0 Å². The Bertz CT molecular complexity index is 341. The van der Waals surface area contributed by atoms with Crippen LogP contribution in [0, 0.1) is 17.8 Å². The second-order valence-corrected chi connectivity index (χ2v) is 7.27. The third-order valence-electron chi connectivity index (χ3n) is 5.66. The number of nitrogens with one attached hydrogen (secondary N) is 2. The Morgan fingerprint density at radius 2 is 1.74 bits per heavy atom. The van der Waals surface area contributed by atoms with Crippen LogP contribution < -0.4 is 10.6 Å². The molecule has 5 fully saturated rings. The zero-order valence-corrected chi connectivity index (χ0v) is 11.5. The van der Waals surface area contributed by atoms with Crippen molar-refractivity contribution in [1.29, 1.82) is 0 Å². The van der Waals surface area contributed by atoms with Crippen LogP contribution >= 0.6 is 0 Å². The van der Waals surface area contributed by atoms with E-state index in [0.717, 1.165) is 30.9 Å². The van der Waals surface area contributed by atoms with E-state index in [-0.39, 0.29) is 17.5 Å². The van der Waals surface area contributed by atoms with Gasteiger partial charge in [-0.25, -0.2) is 0 Å². The highest BCUT2D eigenvalue weighted by Crippen LogP contribution is 2.55. The van der Waals surface area contributed by atoms with Gasteiger partial charge in [-0.05, 0) is 56.3 Å². The number of morpholine rings is 1. The van der Waals surface area contributed by atoms with Crippen LogP contribution in [0.25, 0.3) is 0 Å². The SMILES string of the molecule is O=C(NC12CC3CC(CC(C3)C1)C2)C1COCCN1. The molecule has 4 bridgehead atoms. The number of rotatable bonds is 2. The van der Waals surface area contributed by atoms with E-state index in [2.05, 4.69) is 10.6 Å². The van der Waals surface area contributed by atoms with Crippen molar-refractivity contribution in [2.45, 2.75) is 50.1 Å². The van der Waals surface area contributed by atoms with Crippen LogP contribution in [0.15, 0.2) is 0 Å². The zero-order valence-electron chi connectivity index (χ0n) is 11.5. The molecule has 5 rings (SSSR count). The lowest BCUT2D eigenvalue weighted by Crippen LogP contribution is -2.63. The highest BCUT2D eigenvalue weighted by molar-refractivity contribution is 5.82. The topological polar surface area (TPSA) is 50.4 Å². The van der Waals surface area contributed by atoms with Gasteiger partial charge in [-0.3, -0.25) is 4.79 Å². The molecule has 1 heterocycles. The molecule has 4 heteroatoms. The Hall–Kier alpha value is -0.610. The minimum Gasteiger partial charge on any atom is -0.378 e. The molecule has 0 aromatic carbocycles. The molecule has 4 saturated carbocycles. The average Bonchev–Trinajstić information content (AvgIpc) is 2.37. The smallest absolute Gasteiger partial charge is 0.239 e. The number of ether oxygens (including phenoxy) is 1. The highest BCUT2D eigenvalue weighted by atomic mass is 16.5. The summed E-state index contributed by atoms with van der Waals surface area (Å²) in [6.07, 6.45) is 7.91. The molecule has 0 aromatic heterocycles. The van der Waals surface area contributed by atoms with Crippen LogP contribution in [0.4, 0.5) is 0 Å². The standard InChI is InChI=1S/C15H24N2O2/c18-14(13-9-19-2-1-16-13)17-15-6-10-3-11(7-15)5-12(4-10)8-15/h10-13,16H,1-9H2,(H,17,18). The first kappa shape index (κ1) is 12.2. The number of hydrogen-bond donors (Lipinski definition) is 2. The molecule has 1 aliphatic heterocycles. The molecule has 106 valence electrons.